The van der Waals surface area contributed by atoms with Gasteiger partial charge < -0.3 is 44.5 Å². The molecule has 1 heterocycles. The second-order valence-electron chi connectivity index (χ2n) is 12.8. The van der Waals surface area contributed by atoms with Crippen molar-refractivity contribution < 1.29 is 73.3 Å². The molecule has 52 heavy (non-hydrogen) atoms. The molecule has 6 atom stereocenters. The van der Waals surface area contributed by atoms with Crippen molar-refractivity contribution in [3.8, 4) is 11.5 Å². The summed E-state index contributed by atoms with van der Waals surface area (Å²) in [5.74, 6) is -7.60. The van der Waals surface area contributed by atoms with Gasteiger partial charge in [-0.15, -0.1) is 0 Å². The lowest BCUT2D eigenvalue weighted by atomic mass is 9.56. The van der Waals surface area contributed by atoms with Crippen LogP contribution in [0.5, 0.6) is 11.5 Å². The summed E-state index contributed by atoms with van der Waals surface area (Å²) in [5.41, 5.74) is -7.14. The molecular weight excluding hydrogens is 688 g/mol. The van der Waals surface area contributed by atoms with E-state index in [1.165, 1.54) is 27.2 Å². The first-order valence-electron chi connectivity index (χ1n) is 16.0. The van der Waals surface area contributed by atoms with Crippen LogP contribution in [-0.2, 0) is 35.8 Å². The van der Waals surface area contributed by atoms with Crippen LogP contribution in [0.25, 0.3) is 0 Å². The van der Waals surface area contributed by atoms with Gasteiger partial charge in [-0.3, -0.25) is 29.5 Å². The number of fused-ring (bicyclic) bond motifs is 5. The largest absolute Gasteiger partial charge is 0.507 e. The van der Waals surface area contributed by atoms with Gasteiger partial charge in [0.2, 0.25) is 17.3 Å². The average Bonchev–Trinajstić information content (AvgIpc) is 3.09. The number of hydroxylamine groups is 1. The Morgan fingerprint density at radius 2 is 1.73 bits per heavy atom. The number of aliphatic hydroxyl groups is 3. The maximum Gasteiger partial charge on any atom is 0.341 e. The summed E-state index contributed by atoms with van der Waals surface area (Å²) in [4.78, 5) is 78.8. The first-order chi connectivity index (χ1) is 24.6. The topological polar surface area (TPSA) is 257 Å². The van der Waals surface area contributed by atoms with Crippen molar-refractivity contribution in [3.63, 3.8) is 0 Å². The van der Waals surface area contributed by atoms with Gasteiger partial charge in [-0.05, 0) is 31.0 Å². The van der Waals surface area contributed by atoms with Gasteiger partial charge in [0.1, 0.15) is 23.2 Å². The molecule has 4 aliphatic rings. The number of ether oxygens (including phenoxy) is 4. The van der Waals surface area contributed by atoms with Crippen LogP contribution < -0.4 is 5.48 Å². The van der Waals surface area contributed by atoms with Crippen molar-refractivity contribution in [1.29, 1.82) is 0 Å². The number of methoxy groups -OCH3 is 3. The summed E-state index contributed by atoms with van der Waals surface area (Å²) in [6, 6.07) is 2.17. The molecule has 0 radical (unpaired) electrons. The lowest BCUT2D eigenvalue weighted by Gasteiger charge is -2.52. The molecule has 2 aromatic rings. The summed E-state index contributed by atoms with van der Waals surface area (Å²) in [5, 5.41) is 57.1. The number of aryl methyl sites for hydroxylation is 1. The summed E-state index contributed by atoms with van der Waals surface area (Å²) < 4.78 is 21.6. The van der Waals surface area contributed by atoms with Crippen molar-refractivity contribution in [3.05, 3.63) is 67.9 Å². The van der Waals surface area contributed by atoms with E-state index in [1.807, 2.05) is 0 Å². The Labute approximate surface area is 295 Å². The molecule has 6 N–H and O–H groups in total. The van der Waals surface area contributed by atoms with Gasteiger partial charge in [0, 0.05) is 42.9 Å². The molecule has 0 unspecified atom stereocenters. The average molecular weight is 725 g/mol. The molecule has 0 saturated carbocycles. The van der Waals surface area contributed by atoms with Crippen molar-refractivity contribution in [2.75, 3.05) is 35.0 Å². The van der Waals surface area contributed by atoms with E-state index in [9.17, 15) is 49.5 Å². The molecule has 17 heteroatoms. The molecule has 0 fully saturated rings. The number of ketones is 4. The Balaban J connectivity index is 1.56. The van der Waals surface area contributed by atoms with Crippen molar-refractivity contribution in [1.82, 2.24) is 5.48 Å². The second kappa shape index (κ2) is 13.0. The van der Waals surface area contributed by atoms with Crippen LogP contribution in [0, 0.1) is 6.92 Å². The molecule has 17 nitrogen and oxygen atoms in total. The molecule has 2 aromatic carbocycles. The predicted octanol–water partition coefficient (Wildman–Crippen LogP) is 0.129. The SMILES string of the molecule is CONC1=C(CO)[C@@H](N=C2CC(=O)c3c(cc4c(c3O)C(=O)[C@]3(OC)[C@H](O)Cc5cc(C)c(C(=O)OC)c(O)c5[C@]3(O)C4=O)C2=O)O[C@@H](C)[C@@H]1OC. The fourth-order valence-corrected chi connectivity index (χ4v) is 7.91. The van der Waals surface area contributed by atoms with Gasteiger partial charge in [-0.25, -0.2) is 9.79 Å². The number of carbonyl (C=O) groups excluding carboxylic acids is 5. The standard InChI is InChI=1S/C35H36N2O15/c1-12-7-14-8-20(40)35(50-5)31(45)23-16(30(44)34(35,47)24(14)28(43)21(12)33(46)49-4)9-15-22(27(23)42)19(39)10-18(26(15)41)36-32-17(11-38)25(37-51-6)29(48-3)13(2)52-32/h7,9,13,20,29,32,37-38,40,42-43,47H,8,10-11H2,1-6H3/t13-,20+,29-,32-,34-,35+/m0/s1. The molecule has 0 amide bonds. The smallest absolute Gasteiger partial charge is 0.341 e. The molecule has 0 bridgehead atoms. The number of phenols is 2. The van der Waals surface area contributed by atoms with Crippen LogP contribution >= 0.6 is 0 Å². The number of phenolic OH excluding ortho intramolecular Hbond substituents is 2. The third kappa shape index (κ3) is 4.74. The Morgan fingerprint density at radius 3 is 2.33 bits per heavy atom. The lowest BCUT2D eigenvalue weighted by molar-refractivity contribution is -0.181. The van der Waals surface area contributed by atoms with Crippen molar-refractivity contribution in [2.24, 2.45) is 4.99 Å². The summed E-state index contributed by atoms with van der Waals surface area (Å²) >= 11 is 0. The molecule has 0 aromatic heterocycles. The number of hydrogen-bond acceptors (Lipinski definition) is 17. The van der Waals surface area contributed by atoms with Crippen LogP contribution in [0.1, 0.15) is 81.8 Å². The second-order valence-corrected chi connectivity index (χ2v) is 12.8. The minimum Gasteiger partial charge on any atom is -0.507 e. The third-order valence-electron chi connectivity index (χ3n) is 10.2. The Kier molecular flexibility index (Phi) is 9.19. The first-order valence-corrected chi connectivity index (χ1v) is 16.0. The van der Waals surface area contributed by atoms with Crippen LogP contribution in [0.2, 0.25) is 0 Å². The lowest BCUT2D eigenvalue weighted by Crippen LogP contribution is -2.73. The van der Waals surface area contributed by atoms with Gasteiger partial charge in [0.15, 0.2) is 23.2 Å². The number of aliphatic hydroxyl groups excluding tert-OH is 2. The number of aromatic hydroxyl groups is 2. The van der Waals surface area contributed by atoms with Crippen molar-refractivity contribution in [2.45, 2.75) is 62.4 Å². The highest BCUT2D eigenvalue weighted by molar-refractivity contribution is 6.53. The minimum atomic E-state index is -3.24. The van der Waals surface area contributed by atoms with Gasteiger partial charge in [-0.2, -0.15) is 0 Å². The molecule has 3 aliphatic carbocycles. The van der Waals surface area contributed by atoms with E-state index in [-0.39, 0.29) is 28.1 Å². The first kappa shape index (κ1) is 36.9. The number of Topliss-reactive ketones (excluding diaryl/α,β-unsaturated/α-hetero) is 4. The zero-order valence-corrected chi connectivity index (χ0v) is 28.9. The predicted molar refractivity (Wildman–Crippen MR) is 174 cm³/mol. The van der Waals surface area contributed by atoms with E-state index in [0.29, 0.717) is 0 Å². The number of nitrogens with zero attached hydrogens (tertiary/aromatic N) is 1. The highest BCUT2D eigenvalue weighted by Crippen LogP contribution is 2.56. The van der Waals surface area contributed by atoms with E-state index in [2.05, 4.69) is 10.5 Å². The Morgan fingerprint density at radius 1 is 1.04 bits per heavy atom. The molecule has 276 valence electrons. The number of nitrogens with one attached hydrogen (secondary N) is 1. The number of carbonyl (C=O) groups is 5. The highest BCUT2D eigenvalue weighted by atomic mass is 16.6. The number of hydrogen-bond donors (Lipinski definition) is 6. The fraction of sp³-hybridized carbons (Fsp3) is 0.429. The molecule has 0 spiro atoms. The van der Waals surface area contributed by atoms with Gasteiger partial charge in [0.25, 0.3) is 0 Å². The maximum atomic E-state index is 14.6. The molecule has 6 rings (SSSR count). The number of benzene rings is 2. The highest BCUT2D eigenvalue weighted by Gasteiger charge is 2.72. The molecule has 1 aliphatic heterocycles. The minimum absolute atomic E-state index is 0.00900. The van der Waals surface area contributed by atoms with Gasteiger partial charge in [0.05, 0.1) is 62.0 Å². The van der Waals surface area contributed by atoms with E-state index in [0.717, 1.165) is 20.3 Å². The summed E-state index contributed by atoms with van der Waals surface area (Å²) in [6.07, 6.45) is -5.84. The quantitative estimate of drug-likeness (QED) is 0.164. The van der Waals surface area contributed by atoms with Crippen LogP contribution in [0.15, 0.2) is 28.4 Å². The van der Waals surface area contributed by atoms with E-state index in [4.69, 9.17) is 23.8 Å². The maximum absolute atomic E-state index is 14.6. The Hall–Kier alpha value is -4.88. The summed E-state index contributed by atoms with van der Waals surface area (Å²) in [6.45, 7) is 2.46. The monoisotopic (exact) mass is 724 g/mol. The molecule has 0 saturated heterocycles. The third-order valence-corrected chi connectivity index (χ3v) is 10.2. The number of esters is 1. The van der Waals surface area contributed by atoms with Crippen molar-refractivity contribution >= 4 is 34.8 Å². The van der Waals surface area contributed by atoms with Crippen LogP contribution in [-0.4, -0.2) is 126 Å². The fourth-order valence-electron chi connectivity index (χ4n) is 7.91. The van der Waals surface area contributed by atoms with Gasteiger partial charge >= 0.3 is 5.97 Å². The number of aliphatic imine (C=N–C) groups is 1. The number of rotatable bonds is 7. The zero-order chi connectivity index (χ0) is 38.2. The van der Waals surface area contributed by atoms with Gasteiger partial charge in [-0.1, -0.05) is 6.07 Å². The van der Waals surface area contributed by atoms with E-state index in [1.54, 1.807) is 6.92 Å². The normalized spacial score (nSPS) is 29.1. The Bertz CT molecular complexity index is 2040. The molecular formula is C35H36N2O15. The van der Waals surface area contributed by atoms with E-state index >= 15 is 0 Å². The van der Waals surface area contributed by atoms with Crippen LogP contribution in [0.4, 0.5) is 0 Å². The van der Waals surface area contributed by atoms with Crippen LogP contribution in [0.3, 0.4) is 0 Å². The van der Waals surface area contributed by atoms with E-state index < -0.39 is 129 Å². The summed E-state index contributed by atoms with van der Waals surface area (Å²) in [7, 11) is 4.69. The zero-order valence-electron chi connectivity index (χ0n) is 28.9.